The summed E-state index contributed by atoms with van der Waals surface area (Å²) in [5.41, 5.74) is 7.09. The van der Waals surface area contributed by atoms with Crippen molar-refractivity contribution in [1.29, 1.82) is 0 Å². The third-order valence-electron chi connectivity index (χ3n) is 4.17. The van der Waals surface area contributed by atoms with Crippen molar-refractivity contribution >= 4 is 5.84 Å². The van der Waals surface area contributed by atoms with E-state index in [9.17, 15) is 0 Å². The van der Waals surface area contributed by atoms with Gasteiger partial charge >= 0.3 is 0 Å². The molecule has 0 aliphatic heterocycles. The first kappa shape index (κ1) is 16.5. The van der Waals surface area contributed by atoms with E-state index in [1.54, 1.807) is 0 Å². The Labute approximate surface area is 122 Å². The van der Waals surface area contributed by atoms with Crippen LogP contribution in [-0.4, -0.2) is 24.1 Å². The summed E-state index contributed by atoms with van der Waals surface area (Å²) in [6.07, 6.45) is 0. The van der Waals surface area contributed by atoms with Crippen LogP contribution in [0.3, 0.4) is 0 Å². The number of nitrogens with one attached hydrogen (secondary N) is 1. The Hall–Kier alpha value is -1.55. The van der Waals surface area contributed by atoms with E-state index in [-0.39, 0.29) is 17.2 Å². The van der Waals surface area contributed by atoms with Crippen molar-refractivity contribution in [3.63, 3.8) is 0 Å². The fraction of sp³-hybridized carbons (Fsp3) is 0.562. The van der Waals surface area contributed by atoms with Gasteiger partial charge in [-0.15, -0.1) is 0 Å². The molecule has 4 heteroatoms. The van der Waals surface area contributed by atoms with Crippen molar-refractivity contribution < 1.29 is 5.21 Å². The molecule has 1 rings (SSSR count). The first-order valence-corrected chi connectivity index (χ1v) is 7.11. The van der Waals surface area contributed by atoms with E-state index in [0.717, 1.165) is 12.1 Å². The quantitative estimate of drug-likeness (QED) is 0.311. The second-order valence-electron chi connectivity index (χ2n) is 6.26. The lowest BCUT2D eigenvalue weighted by atomic mass is 9.81. The highest BCUT2D eigenvalue weighted by Gasteiger charge is 2.23. The Kier molecular flexibility index (Phi) is 6.02. The molecule has 0 spiro atoms. The first-order chi connectivity index (χ1) is 9.38. The average Bonchev–Trinajstić information content (AvgIpc) is 2.43. The molecular formula is C16H27N3O. The minimum atomic E-state index is -0.107. The lowest BCUT2D eigenvalue weighted by Crippen LogP contribution is -2.38. The number of hydrogen-bond acceptors (Lipinski definition) is 3. The van der Waals surface area contributed by atoms with Crippen LogP contribution in [0, 0.1) is 11.3 Å². The van der Waals surface area contributed by atoms with E-state index in [1.807, 2.05) is 30.3 Å². The molecular weight excluding hydrogens is 250 g/mol. The van der Waals surface area contributed by atoms with Crippen LogP contribution in [0.4, 0.5) is 0 Å². The maximum Gasteiger partial charge on any atom is 0.147 e. The molecule has 0 aliphatic rings. The van der Waals surface area contributed by atoms with Gasteiger partial charge < -0.3 is 16.3 Å². The van der Waals surface area contributed by atoms with Gasteiger partial charge in [0.05, 0.1) is 5.92 Å². The average molecular weight is 277 g/mol. The highest BCUT2D eigenvalue weighted by atomic mass is 16.4. The maximum absolute atomic E-state index is 8.95. The van der Waals surface area contributed by atoms with Crippen LogP contribution < -0.4 is 11.1 Å². The van der Waals surface area contributed by atoms with Gasteiger partial charge in [0.15, 0.2) is 0 Å². The van der Waals surface area contributed by atoms with Gasteiger partial charge in [-0.2, -0.15) is 0 Å². The molecule has 0 aromatic heterocycles. The molecule has 1 aromatic carbocycles. The molecule has 0 heterocycles. The molecule has 20 heavy (non-hydrogen) atoms. The van der Waals surface area contributed by atoms with Crippen LogP contribution in [0.5, 0.6) is 0 Å². The third-order valence-corrected chi connectivity index (χ3v) is 4.17. The summed E-state index contributed by atoms with van der Waals surface area (Å²) in [6.45, 7) is 10.5. The van der Waals surface area contributed by atoms with E-state index >= 15 is 0 Å². The summed E-state index contributed by atoms with van der Waals surface area (Å²) in [5, 5.41) is 15.6. The topological polar surface area (TPSA) is 70.6 Å². The highest BCUT2D eigenvalue weighted by Crippen LogP contribution is 2.25. The van der Waals surface area contributed by atoms with Crippen molar-refractivity contribution in [2.75, 3.05) is 13.1 Å². The molecule has 0 aliphatic carbocycles. The van der Waals surface area contributed by atoms with Crippen molar-refractivity contribution in [3.8, 4) is 0 Å². The SMILES string of the molecule is CC(C)C(C)(C)CNCC(/C(N)=N/O)c1ccccc1. The minimum Gasteiger partial charge on any atom is -0.409 e. The zero-order chi connectivity index (χ0) is 15.2. The highest BCUT2D eigenvalue weighted by molar-refractivity contribution is 5.87. The van der Waals surface area contributed by atoms with Gasteiger partial charge in [-0.05, 0) is 16.9 Å². The molecule has 1 atom stereocenters. The fourth-order valence-electron chi connectivity index (χ4n) is 1.89. The monoisotopic (exact) mass is 277 g/mol. The Balaban J connectivity index is 2.69. The minimum absolute atomic E-state index is 0.107. The number of rotatable bonds is 7. The van der Waals surface area contributed by atoms with Gasteiger partial charge in [-0.3, -0.25) is 0 Å². The lowest BCUT2D eigenvalue weighted by molar-refractivity contribution is 0.238. The Morgan fingerprint density at radius 3 is 2.40 bits per heavy atom. The molecule has 1 aromatic rings. The largest absolute Gasteiger partial charge is 0.409 e. The van der Waals surface area contributed by atoms with E-state index in [2.05, 4.69) is 38.2 Å². The zero-order valence-electron chi connectivity index (χ0n) is 12.9. The predicted molar refractivity (Wildman–Crippen MR) is 84.1 cm³/mol. The molecule has 0 fully saturated rings. The first-order valence-electron chi connectivity index (χ1n) is 7.11. The summed E-state index contributed by atoms with van der Waals surface area (Å²) in [6, 6.07) is 9.88. The van der Waals surface area contributed by atoms with Crippen LogP contribution in [0.25, 0.3) is 0 Å². The molecule has 4 N–H and O–H groups in total. The van der Waals surface area contributed by atoms with E-state index in [1.165, 1.54) is 0 Å². The Morgan fingerprint density at radius 2 is 1.90 bits per heavy atom. The Bertz CT molecular complexity index is 427. The van der Waals surface area contributed by atoms with Crippen molar-refractivity contribution in [3.05, 3.63) is 35.9 Å². The van der Waals surface area contributed by atoms with Crippen molar-refractivity contribution in [2.24, 2.45) is 22.2 Å². The predicted octanol–water partition coefficient (Wildman–Crippen LogP) is 2.79. The molecule has 0 radical (unpaired) electrons. The standard InChI is InChI=1S/C16H27N3O/c1-12(2)16(3,4)11-18-10-14(15(17)19-20)13-8-6-5-7-9-13/h5-9,12,14,18,20H,10-11H2,1-4H3,(H2,17,19). The number of nitrogens with two attached hydrogens (primary N) is 1. The van der Waals surface area contributed by atoms with E-state index < -0.39 is 0 Å². The molecule has 0 bridgehead atoms. The van der Waals surface area contributed by atoms with Gasteiger partial charge in [0.1, 0.15) is 5.84 Å². The maximum atomic E-state index is 8.95. The molecule has 0 saturated carbocycles. The summed E-state index contributed by atoms with van der Waals surface area (Å²) in [7, 11) is 0. The van der Waals surface area contributed by atoms with Gasteiger partial charge in [0, 0.05) is 13.1 Å². The van der Waals surface area contributed by atoms with Crippen LogP contribution in [-0.2, 0) is 0 Å². The molecule has 4 nitrogen and oxygen atoms in total. The second kappa shape index (κ2) is 7.29. The van der Waals surface area contributed by atoms with Gasteiger partial charge in [0.2, 0.25) is 0 Å². The van der Waals surface area contributed by atoms with E-state index in [0.29, 0.717) is 12.5 Å². The Morgan fingerprint density at radius 1 is 1.30 bits per heavy atom. The van der Waals surface area contributed by atoms with E-state index in [4.69, 9.17) is 10.9 Å². The van der Waals surface area contributed by atoms with Crippen LogP contribution >= 0.6 is 0 Å². The molecule has 0 amide bonds. The van der Waals surface area contributed by atoms with Gasteiger partial charge in [0.25, 0.3) is 0 Å². The number of benzene rings is 1. The third kappa shape index (κ3) is 4.53. The zero-order valence-corrected chi connectivity index (χ0v) is 12.9. The number of oxime groups is 1. The van der Waals surface area contributed by atoms with Crippen LogP contribution in [0.1, 0.15) is 39.2 Å². The van der Waals surface area contributed by atoms with Crippen LogP contribution in [0.2, 0.25) is 0 Å². The van der Waals surface area contributed by atoms with Gasteiger partial charge in [-0.1, -0.05) is 63.2 Å². The van der Waals surface area contributed by atoms with Crippen LogP contribution in [0.15, 0.2) is 35.5 Å². The number of nitrogens with zero attached hydrogens (tertiary/aromatic N) is 1. The molecule has 1 unspecified atom stereocenters. The summed E-state index contributed by atoms with van der Waals surface area (Å²) in [4.78, 5) is 0. The van der Waals surface area contributed by atoms with Crippen molar-refractivity contribution in [2.45, 2.75) is 33.6 Å². The second-order valence-corrected chi connectivity index (χ2v) is 6.26. The fourth-order valence-corrected chi connectivity index (χ4v) is 1.89. The van der Waals surface area contributed by atoms with Crippen molar-refractivity contribution in [1.82, 2.24) is 5.32 Å². The summed E-state index contributed by atoms with van der Waals surface area (Å²) < 4.78 is 0. The summed E-state index contributed by atoms with van der Waals surface area (Å²) in [5.74, 6) is 0.726. The molecule has 0 saturated heterocycles. The normalized spacial score (nSPS) is 14.6. The smallest absolute Gasteiger partial charge is 0.147 e. The molecule has 112 valence electrons. The van der Waals surface area contributed by atoms with Gasteiger partial charge in [-0.25, -0.2) is 0 Å². The number of hydrogen-bond donors (Lipinski definition) is 3. The lowest BCUT2D eigenvalue weighted by Gasteiger charge is -2.30. The summed E-state index contributed by atoms with van der Waals surface area (Å²) >= 11 is 0. The number of amidine groups is 1.